The number of ether oxygens (including phenoxy) is 1. The van der Waals surface area contributed by atoms with Gasteiger partial charge in [-0.15, -0.1) is 11.3 Å². The van der Waals surface area contributed by atoms with Crippen molar-refractivity contribution in [2.75, 3.05) is 26.7 Å². The number of rotatable bonds is 8. The second-order valence-corrected chi connectivity index (χ2v) is 8.53. The van der Waals surface area contributed by atoms with E-state index in [0.717, 1.165) is 30.7 Å². The van der Waals surface area contributed by atoms with E-state index in [1.54, 1.807) is 17.5 Å². The first kappa shape index (κ1) is 17.8. The van der Waals surface area contributed by atoms with E-state index < -0.39 is 22.2 Å². The summed E-state index contributed by atoms with van der Waals surface area (Å²) in [7, 11) is -1.60. The van der Waals surface area contributed by atoms with Crippen LogP contribution in [0.15, 0.2) is 21.7 Å². The minimum absolute atomic E-state index is 0.193. The number of likely N-dealkylation sites (N-methyl/N-ethyl adjacent to an activating group) is 1. The van der Waals surface area contributed by atoms with Crippen LogP contribution in [0.4, 0.5) is 0 Å². The lowest BCUT2D eigenvalue weighted by Gasteiger charge is -2.23. The number of nitrogens with one attached hydrogen (secondary N) is 1. The van der Waals surface area contributed by atoms with Crippen LogP contribution in [0.3, 0.4) is 0 Å². The Morgan fingerprint density at radius 1 is 1.55 bits per heavy atom. The maximum atomic E-state index is 12.2. The minimum atomic E-state index is -3.58. The van der Waals surface area contributed by atoms with Gasteiger partial charge in [-0.25, -0.2) is 13.1 Å². The predicted octanol–water partition coefficient (Wildman–Crippen LogP) is 0.887. The molecule has 0 unspecified atom stereocenters. The molecule has 1 aliphatic heterocycles. The third kappa shape index (κ3) is 4.50. The van der Waals surface area contributed by atoms with Gasteiger partial charge in [-0.05, 0) is 31.5 Å². The normalized spacial score (nSPS) is 25.9. The average Bonchev–Trinajstić information content (AvgIpc) is 3.11. The number of nitrogens with zero attached hydrogens (tertiary/aromatic N) is 1. The number of aliphatic hydroxyl groups is 1. The average molecular weight is 348 g/mol. The number of unbranched alkanes of at least 4 members (excludes halogenated alkanes) is 1. The fourth-order valence-corrected chi connectivity index (χ4v) is 4.69. The first-order valence-electron chi connectivity index (χ1n) is 7.48. The molecule has 1 fully saturated rings. The molecule has 2 N–H and O–H groups in total. The molecule has 1 aromatic heterocycles. The van der Waals surface area contributed by atoms with Gasteiger partial charge in [0, 0.05) is 6.54 Å². The van der Waals surface area contributed by atoms with Crippen molar-refractivity contribution < 1.29 is 18.3 Å². The molecule has 2 heterocycles. The molecule has 1 aromatic rings. The fraction of sp³-hybridized carbons (Fsp3) is 0.714. The van der Waals surface area contributed by atoms with Gasteiger partial charge in [0.1, 0.15) is 4.21 Å². The Bertz CT molecular complexity index is 547. The Kier molecular flexibility index (Phi) is 6.36. The lowest BCUT2D eigenvalue weighted by Crippen LogP contribution is -2.46. The molecule has 0 bridgehead atoms. The molecule has 0 saturated carbocycles. The van der Waals surface area contributed by atoms with E-state index in [0.29, 0.717) is 6.54 Å². The van der Waals surface area contributed by atoms with Crippen LogP contribution in [-0.2, 0) is 14.8 Å². The van der Waals surface area contributed by atoms with Crippen LogP contribution in [0.2, 0.25) is 0 Å². The fourth-order valence-electron chi connectivity index (χ4n) is 2.45. The zero-order valence-corrected chi connectivity index (χ0v) is 14.6. The van der Waals surface area contributed by atoms with Gasteiger partial charge in [0.2, 0.25) is 10.0 Å². The van der Waals surface area contributed by atoms with Gasteiger partial charge < -0.3 is 14.7 Å². The number of sulfonamides is 1. The summed E-state index contributed by atoms with van der Waals surface area (Å²) in [5.74, 6) is 0. The summed E-state index contributed by atoms with van der Waals surface area (Å²) in [6, 6.07) is 2.63. The highest BCUT2D eigenvalue weighted by Gasteiger charge is 2.38. The molecule has 1 saturated heterocycles. The summed E-state index contributed by atoms with van der Waals surface area (Å²) in [5.41, 5.74) is 0. The predicted molar refractivity (Wildman–Crippen MR) is 86.6 cm³/mol. The van der Waals surface area contributed by atoms with Gasteiger partial charge in [0.25, 0.3) is 0 Å². The van der Waals surface area contributed by atoms with Crippen LogP contribution in [0.5, 0.6) is 0 Å². The summed E-state index contributed by atoms with van der Waals surface area (Å²) >= 11 is 1.15. The number of thiophene rings is 1. The molecule has 0 aromatic carbocycles. The van der Waals surface area contributed by atoms with Gasteiger partial charge in [-0.3, -0.25) is 0 Å². The van der Waals surface area contributed by atoms with Crippen LogP contribution in [0.1, 0.15) is 19.8 Å². The summed E-state index contributed by atoms with van der Waals surface area (Å²) < 4.78 is 32.7. The van der Waals surface area contributed by atoms with E-state index in [1.165, 1.54) is 0 Å². The monoisotopic (exact) mass is 348 g/mol. The molecule has 126 valence electrons. The van der Waals surface area contributed by atoms with Gasteiger partial charge in [0.05, 0.1) is 24.9 Å². The second-order valence-electron chi connectivity index (χ2n) is 5.64. The largest absolute Gasteiger partial charge is 0.389 e. The topological polar surface area (TPSA) is 78.9 Å². The summed E-state index contributed by atoms with van der Waals surface area (Å²) in [5, 5.41) is 12.0. The van der Waals surface area contributed by atoms with Crippen molar-refractivity contribution >= 4 is 21.4 Å². The lowest BCUT2D eigenvalue weighted by atomic mass is 10.1. The van der Waals surface area contributed by atoms with E-state index >= 15 is 0 Å². The lowest BCUT2D eigenvalue weighted by molar-refractivity contribution is 0.0203. The molecule has 0 amide bonds. The van der Waals surface area contributed by atoms with Crippen LogP contribution < -0.4 is 4.72 Å². The zero-order valence-electron chi connectivity index (χ0n) is 12.9. The number of hydrogen-bond acceptors (Lipinski definition) is 6. The van der Waals surface area contributed by atoms with Gasteiger partial charge >= 0.3 is 0 Å². The zero-order chi connectivity index (χ0) is 16.2. The Labute approximate surface area is 136 Å². The van der Waals surface area contributed by atoms with E-state index in [-0.39, 0.29) is 16.9 Å². The summed E-state index contributed by atoms with van der Waals surface area (Å²) in [4.78, 5) is 2.10. The molecular formula is C14H24N2O4S2. The van der Waals surface area contributed by atoms with Crippen molar-refractivity contribution in [1.82, 2.24) is 9.62 Å². The van der Waals surface area contributed by atoms with Crippen molar-refractivity contribution in [3.63, 3.8) is 0 Å². The van der Waals surface area contributed by atoms with Crippen LogP contribution >= 0.6 is 11.3 Å². The molecule has 6 nitrogen and oxygen atoms in total. The van der Waals surface area contributed by atoms with E-state index in [1.807, 2.05) is 7.05 Å². The van der Waals surface area contributed by atoms with Gasteiger partial charge in [-0.2, -0.15) is 0 Å². The summed E-state index contributed by atoms with van der Waals surface area (Å²) in [6.45, 7) is 3.86. The van der Waals surface area contributed by atoms with Crippen molar-refractivity contribution in [3.8, 4) is 0 Å². The molecule has 0 radical (unpaired) electrons. The van der Waals surface area contributed by atoms with Gasteiger partial charge in [-0.1, -0.05) is 19.4 Å². The Morgan fingerprint density at radius 3 is 2.95 bits per heavy atom. The first-order valence-corrected chi connectivity index (χ1v) is 9.84. The van der Waals surface area contributed by atoms with E-state index in [9.17, 15) is 13.5 Å². The third-order valence-electron chi connectivity index (χ3n) is 3.73. The van der Waals surface area contributed by atoms with E-state index in [4.69, 9.17) is 4.74 Å². The molecule has 1 aliphatic rings. The van der Waals surface area contributed by atoms with Crippen LogP contribution in [-0.4, -0.2) is 63.4 Å². The van der Waals surface area contributed by atoms with Crippen LogP contribution in [0.25, 0.3) is 0 Å². The Morgan fingerprint density at radius 2 is 2.32 bits per heavy atom. The second kappa shape index (κ2) is 7.85. The van der Waals surface area contributed by atoms with Crippen LogP contribution in [0, 0.1) is 0 Å². The quantitative estimate of drug-likeness (QED) is 0.729. The first-order chi connectivity index (χ1) is 10.4. The van der Waals surface area contributed by atoms with Crippen molar-refractivity contribution in [2.45, 2.75) is 42.2 Å². The van der Waals surface area contributed by atoms with Crippen molar-refractivity contribution in [3.05, 3.63) is 17.5 Å². The summed E-state index contributed by atoms with van der Waals surface area (Å²) in [6.07, 6.45) is 1.01. The number of hydrogen-bond donors (Lipinski definition) is 2. The third-order valence-corrected chi connectivity index (χ3v) is 6.62. The standard InChI is InChI=1S/C14H24N2O4S2/c1-3-4-7-16(2)9-12-14(17)11(10-20-12)15-22(18,19)13-6-5-8-21-13/h5-6,8,11-12,14-15,17H,3-4,7,9-10H2,1-2H3/t11-,12-,14+/m0/s1. The number of aliphatic hydroxyl groups excluding tert-OH is 1. The minimum Gasteiger partial charge on any atom is -0.389 e. The Hall–Kier alpha value is -0.510. The van der Waals surface area contributed by atoms with Crippen molar-refractivity contribution in [2.24, 2.45) is 0 Å². The maximum absolute atomic E-state index is 12.2. The SMILES string of the molecule is CCCCN(C)C[C@@H]1OC[C@H](NS(=O)(=O)c2cccs2)[C@H]1O. The smallest absolute Gasteiger partial charge is 0.250 e. The molecule has 0 spiro atoms. The highest BCUT2D eigenvalue weighted by Crippen LogP contribution is 2.20. The highest BCUT2D eigenvalue weighted by atomic mass is 32.2. The maximum Gasteiger partial charge on any atom is 0.250 e. The molecule has 3 atom stereocenters. The van der Waals surface area contributed by atoms with E-state index in [2.05, 4.69) is 16.5 Å². The molecule has 8 heteroatoms. The molecular weight excluding hydrogens is 324 g/mol. The highest BCUT2D eigenvalue weighted by molar-refractivity contribution is 7.91. The molecule has 2 rings (SSSR count). The Balaban J connectivity index is 1.90. The van der Waals surface area contributed by atoms with Crippen molar-refractivity contribution in [1.29, 1.82) is 0 Å². The molecule has 0 aliphatic carbocycles. The molecule has 22 heavy (non-hydrogen) atoms. The van der Waals surface area contributed by atoms with Gasteiger partial charge in [0.15, 0.2) is 0 Å².